The monoisotopic (exact) mass is 328 g/mol. The molecule has 3 aromatic rings. The number of benzene rings is 2. The van der Waals surface area contributed by atoms with Gasteiger partial charge in [-0.2, -0.15) is 0 Å². The van der Waals surface area contributed by atoms with E-state index < -0.39 is 6.10 Å². The molecule has 1 atom stereocenters. The van der Waals surface area contributed by atoms with Gasteiger partial charge < -0.3 is 9.47 Å². The minimum Gasteiger partial charge on any atom is -0.497 e. The maximum Gasteiger partial charge on any atom is 0.266 e. The van der Waals surface area contributed by atoms with E-state index in [9.17, 15) is 4.79 Å². The van der Waals surface area contributed by atoms with E-state index in [0.717, 1.165) is 16.0 Å². The van der Waals surface area contributed by atoms with Crippen molar-refractivity contribution in [1.29, 1.82) is 0 Å². The van der Waals surface area contributed by atoms with Gasteiger partial charge in [0, 0.05) is 0 Å². The molecule has 0 saturated heterocycles. The molecule has 1 unspecified atom stereocenters. The van der Waals surface area contributed by atoms with Crippen LogP contribution < -0.4 is 14.8 Å². The maximum absolute atomic E-state index is 12.2. The SMILES string of the molecule is COc1ccc2nc(NC(=O)C(C)Oc3ccccc3)sc2c1. The second kappa shape index (κ2) is 6.66. The molecule has 1 amide bonds. The van der Waals surface area contributed by atoms with E-state index in [1.807, 2.05) is 48.5 Å². The highest BCUT2D eigenvalue weighted by Gasteiger charge is 2.16. The van der Waals surface area contributed by atoms with Crippen LogP contribution in [-0.2, 0) is 4.79 Å². The molecule has 0 bridgehead atoms. The number of methoxy groups -OCH3 is 1. The maximum atomic E-state index is 12.2. The predicted octanol–water partition coefficient (Wildman–Crippen LogP) is 3.71. The zero-order chi connectivity index (χ0) is 16.2. The summed E-state index contributed by atoms with van der Waals surface area (Å²) in [5.74, 6) is 1.18. The Morgan fingerprint density at radius 3 is 2.70 bits per heavy atom. The van der Waals surface area contributed by atoms with Crippen molar-refractivity contribution in [2.24, 2.45) is 0 Å². The highest BCUT2D eigenvalue weighted by atomic mass is 32.1. The van der Waals surface area contributed by atoms with Crippen LogP contribution in [0.25, 0.3) is 10.2 Å². The Bertz CT molecular complexity index is 817. The molecule has 23 heavy (non-hydrogen) atoms. The lowest BCUT2D eigenvalue weighted by atomic mass is 10.3. The highest BCUT2D eigenvalue weighted by Crippen LogP contribution is 2.29. The number of ether oxygens (including phenoxy) is 2. The lowest BCUT2D eigenvalue weighted by molar-refractivity contribution is -0.122. The summed E-state index contributed by atoms with van der Waals surface area (Å²) in [6.45, 7) is 1.71. The summed E-state index contributed by atoms with van der Waals surface area (Å²) in [6, 6.07) is 14.8. The van der Waals surface area contributed by atoms with E-state index in [1.54, 1.807) is 14.0 Å². The van der Waals surface area contributed by atoms with E-state index in [1.165, 1.54) is 11.3 Å². The van der Waals surface area contributed by atoms with Crippen molar-refractivity contribution in [1.82, 2.24) is 4.98 Å². The van der Waals surface area contributed by atoms with Gasteiger partial charge in [0.1, 0.15) is 11.5 Å². The molecular formula is C17H16N2O3S. The van der Waals surface area contributed by atoms with Gasteiger partial charge in [-0.3, -0.25) is 10.1 Å². The van der Waals surface area contributed by atoms with Crippen LogP contribution in [0.4, 0.5) is 5.13 Å². The van der Waals surface area contributed by atoms with Gasteiger partial charge in [-0.05, 0) is 37.3 Å². The molecule has 5 nitrogen and oxygen atoms in total. The van der Waals surface area contributed by atoms with Crippen LogP contribution in [0.5, 0.6) is 11.5 Å². The fourth-order valence-electron chi connectivity index (χ4n) is 2.05. The number of fused-ring (bicyclic) bond motifs is 1. The topological polar surface area (TPSA) is 60.5 Å². The largest absolute Gasteiger partial charge is 0.497 e. The molecule has 0 aliphatic heterocycles. The van der Waals surface area contributed by atoms with Gasteiger partial charge in [0.05, 0.1) is 17.3 Å². The molecule has 118 valence electrons. The molecular weight excluding hydrogens is 312 g/mol. The first-order valence-corrected chi connectivity index (χ1v) is 7.94. The summed E-state index contributed by atoms with van der Waals surface area (Å²) in [7, 11) is 1.62. The average molecular weight is 328 g/mol. The summed E-state index contributed by atoms with van der Waals surface area (Å²) >= 11 is 1.40. The number of nitrogens with one attached hydrogen (secondary N) is 1. The lowest BCUT2D eigenvalue weighted by Crippen LogP contribution is -2.30. The third kappa shape index (κ3) is 3.60. The van der Waals surface area contributed by atoms with Crippen molar-refractivity contribution in [3.05, 3.63) is 48.5 Å². The van der Waals surface area contributed by atoms with Gasteiger partial charge in [0.2, 0.25) is 0 Å². The summed E-state index contributed by atoms with van der Waals surface area (Å²) in [5.41, 5.74) is 0.822. The fraction of sp³-hybridized carbons (Fsp3) is 0.176. The van der Waals surface area contributed by atoms with Crippen molar-refractivity contribution in [2.45, 2.75) is 13.0 Å². The molecule has 0 saturated carbocycles. The minimum atomic E-state index is -0.612. The molecule has 0 aliphatic carbocycles. The number of nitrogens with zero attached hydrogens (tertiary/aromatic N) is 1. The van der Waals surface area contributed by atoms with E-state index >= 15 is 0 Å². The summed E-state index contributed by atoms with van der Waals surface area (Å²) in [4.78, 5) is 16.6. The average Bonchev–Trinajstić information content (AvgIpc) is 2.96. The van der Waals surface area contributed by atoms with Crippen molar-refractivity contribution < 1.29 is 14.3 Å². The van der Waals surface area contributed by atoms with Crippen molar-refractivity contribution in [3.8, 4) is 11.5 Å². The second-order valence-corrected chi connectivity index (χ2v) is 5.95. The fourth-order valence-corrected chi connectivity index (χ4v) is 2.95. The third-order valence-corrected chi connectivity index (χ3v) is 4.18. The van der Waals surface area contributed by atoms with Crippen molar-refractivity contribution >= 4 is 32.6 Å². The first kappa shape index (κ1) is 15.3. The van der Waals surface area contributed by atoms with Crippen molar-refractivity contribution in [3.63, 3.8) is 0 Å². The molecule has 1 N–H and O–H groups in total. The molecule has 6 heteroatoms. The van der Waals surface area contributed by atoms with Crippen LogP contribution in [0.2, 0.25) is 0 Å². The Balaban J connectivity index is 1.69. The summed E-state index contributed by atoms with van der Waals surface area (Å²) in [5, 5.41) is 3.33. The van der Waals surface area contributed by atoms with Gasteiger partial charge in [-0.15, -0.1) is 0 Å². The molecule has 0 spiro atoms. The number of carbonyl (C=O) groups excluding carboxylic acids is 1. The number of para-hydroxylation sites is 1. The standard InChI is InChI=1S/C17H16N2O3S/c1-11(22-12-6-4-3-5-7-12)16(20)19-17-18-14-9-8-13(21-2)10-15(14)23-17/h3-11H,1-2H3,(H,18,19,20). The number of amides is 1. The van der Waals surface area contributed by atoms with Crippen LogP contribution in [0.15, 0.2) is 48.5 Å². The quantitative estimate of drug-likeness (QED) is 0.775. The number of hydrogen-bond donors (Lipinski definition) is 1. The minimum absolute atomic E-state index is 0.236. The van der Waals surface area contributed by atoms with Crippen molar-refractivity contribution in [2.75, 3.05) is 12.4 Å². The number of hydrogen-bond acceptors (Lipinski definition) is 5. The number of carbonyl (C=O) groups is 1. The van der Waals surface area contributed by atoms with Gasteiger partial charge in [0.15, 0.2) is 11.2 Å². The second-order valence-electron chi connectivity index (χ2n) is 4.92. The van der Waals surface area contributed by atoms with Crippen LogP contribution in [0.1, 0.15) is 6.92 Å². The Morgan fingerprint density at radius 1 is 1.17 bits per heavy atom. The highest BCUT2D eigenvalue weighted by molar-refractivity contribution is 7.22. The van der Waals surface area contributed by atoms with Crippen LogP contribution in [0, 0.1) is 0 Å². The normalized spacial score (nSPS) is 11.9. The zero-order valence-corrected chi connectivity index (χ0v) is 13.6. The Hall–Kier alpha value is -2.60. The van der Waals surface area contributed by atoms with E-state index in [0.29, 0.717) is 10.9 Å². The Kier molecular flexibility index (Phi) is 4.43. The van der Waals surface area contributed by atoms with Crippen LogP contribution in [-0.4, -0.2) is 24.1 Å². The lowest BCUT2D eigenvalue weighted by Gasteiger charge is -2.13. The first-order chi connectivity index (χ1) is 11.2. The zero-order valence-electron chi connectivity index (χ0n) is 12.8. The van der Waals surface area contributed by atoms with Gasteiger partial charge >= 0.3 is 0 Å². The smallest absolute Gasteiger partial charge is 0.266 e. The molecule has 2 aromatic carbocycles. The first-order valence-electron chi connectivity index (χ1n) is 7.13. The van der Waals surface area contributed by atoms with E-state index in [2.05, 4.69) is 10.3 Å². The molecule has 1 heterocycles. The number of aromatic nitrogens is 1. The molecule has 3 rings (SSSR count). The van der Waals surface area contributed by atoms with E-state index in [-0.39, 0.29) is 5.91 Å². The van der Waals surface area contributed by atoms with Gasteiger partial charge in [0.25, 0.3) is 5.91 Å². The molecule has 1 aromatic heterocycles. The number of anilines is 1. The third-order valence-electron chi connectivity index (χ3n) is 3.25. The van der Waals surface area contributed by atoms with Gasteiger partial charge in [-0.25, -0.2) is 4.98 Å². The molecule has 0 aliphatic rings. The molecule has 0 fully saturated rings. The number of rotatable bonds is 5. The number of thiazole rings is 1. The molecule has 0 radical (unpaired) electrons. The predicted molar refractivity (Wildman–Crippen MR) is 91.3 cm³/mol. The van der Waals surface area contributed by atoms with Gasteiger partial charge in [-0.1, -0.05) is 29.5 Å². The Labute approximate surface area is 137 Å². The van der Waals surface area contributed by atoms with E-state index in [4.69, 9.17) is 9.47 Å². The Morgan fingerprint density at radius 2 is 1.96 bits per heavy atom. The summed E-state index contributed by atoms with van der Waals surface area (Å²) in [6.07, 6.45) is -0.612. The summed E-state index contributed by atoms with van der Waals surface area (Å²) < 4.78 is 11.7. The van der Waals surface area contributed by atoms with Crippen LogP contribution in [0.3, 0.4) is 0 Å². The van der Waals surface area contributed by atoms with Crippen LogP contribution >= 0.6 is 11.3 Å².